The molecular formula is C19H23FN4O2. The van der Waals surface area contributed by atoms with Crippen LogP contribution >= 0.6 is 0 Å². The van der Waals surface area contributed by atoms with Crippen molar-refractivity contribution in [1.82, 2.24) is 20.4 Å². The van der Waals surface area contributed by atoms with Gasteiger partial charge in [-0.2, -0.15) is 5.10 Å². The Hall–Kier alpha value is -2.70. The minimum absolute atomic E-state index is 0.125. The third-order valence-corrected chi connectivity index (χ3v) is 4.67. The lowest BCUT2D eigenvalue weighted by Gasteiger charge is -2.16. The number of nitrogens with one attached hydrogen (secondary N) is 2. The number of carbonyl (C=O) groups is 2. The summed E-state index contributed by atoms with van der Waals surface area (Å²) in [6.45, 7) is 6.68. The Morgan fingerprint density at radius 1 is 1.35 bits per heavy atom. The normalized spacial score (nSPS) is 17.0. The van der Waals surface area contributed by atoms with Crippen molar-refractivity contribution in [3.63, 3.8) is 0 Å². The molecule has 7 heteroatoms. The van der Waals surface area contributed by atoms with E-state index in [1.807, 2.05) is 13.8 Å². The van der Waals surface area contributed by atoms with Crippen LogP contribution in [0.15, 0.2) is 24.3 Å². The molecule has 0 saturated carbocycles. The highest BCUT2D eigenvalue weighted by Crippen LogP contribution is 2.17. The molecule has 2 amide bonds. The van der Waals surface area contributed by atoms with Gasteiger partial charge in [-0.15, -0.1) is 0 Å². The number of aryl methyl sites for hydroxylation is 1. The first-order valence-electron chi connectivity index (χ1n) is 8.76. The maximum absolute atomic E-state index is 13.3. The quantitative estimate of drug-likeness (QED) is 0.882. The molecule has 0 radical (unpaired) electrons. The van der Waals surface area contributed by atoms with Gasteiger partial charge in [0.15, 0.2) is 0 Å². The Morgan fingerprint density at radius 2 is 2.12 bits per heavy atom. The predicted molar refractivity (Wildman–Crippen MR) is 95.6 cm³/mol. The molecular weight excluding hydrogens is 335 g/mol. The number of amides is 2. The molecule has 1 atom stereocenters. The Balaban J connectivity index is 1.60. The molecule has 0 bridgehead atoms. The zero-order chi connectivity index (χ0) is 18.8. The second kappa shape index (κ2) is 7.27. The zero-order valence-corrected chi connectivity index (χ0v) is 15.2. The summed E-state index contributed by atoms with van der Waals surface area (Å²) < 4.78 is 13.3. The van der Waals surface area contributed by atoms with Crippen LogP contribution in [-0.2, 0) is 0 Å². The average molecular weight is 358 g/mol. The van der Waals surface area contributed by atoms with E-state index < -0.39 is 0 Å². The van der Waals surface area contributed by atoms with Crippen molar-refractivity contribution in [3.05, 3.63) is 52.6 Å². The lowest BCUT2D eigenvalue weighted by molar-refractivity contribution is 0.0777. The van der Waals surface area contributed by atoms with Crippen molar-refractivity contribution in [3.8, 4) is 0 Å². The van der Waals surface area contributed by atoms with Crippen molar-refractivity contribution in [2.75, 3.05) is 13.1 Å². The van der Waals surface area contributed by atoms with Crippen LogP contribution in [0.25, 0.3) is 0 Å². The van der Waals surface area contributed by atoms with Crippen LogP contribution in [-0.4, -0.2) is 46.0 Å². The van der Waals surface area contributed by atoms with Gasteiger partial charge in [0.05, 0.1) is 0 Å². The fraction of sp³-hybridized carbons (Fsp3) is 0.421. The maximum Gasteiger partial charge on any atom is 0.274 e. The summed E-state index contributed by atoms with van der Waals surface area (Å²) in [6.07, 6.45) is 0.680. The summed E-state index contributed by atoms with van der Waals surface area (Å²) in [4.78, 5) is 26.6. The Morgan fingerprint density at radius 3 is 2.77 bits per heavy atom. The van der Waals surface area contributed by atoms with Crippen LogP contribution < -0.4 is 5.32 Å². The van der Waals surface area contributed by atoms with E-state index in [4.69, 9.17) is 0 Å². The van der Waals surface area contributed by atoms with Crippen molar-refractivity contribution < 1.29 is 14.0 Å². The van der Waals surface area contributed by atoms with Gasteiger partial charge in [-0.05, 0) is 49.1 Å². The van der Waals surface area contributed by atoms with Gasteiger partial charge < -0.3 is 10.2 Å². The molecule has 1 aromatic heterocycles. The monoisotopic (exact) mass is 358 g/mol. The number of aromatic amines is 1. The molecule has 1 unspecified atom stereocenters. The molecule has 0 spiro atoms. The summed E-state index contributed by atoms with van der Waals surface area (Å²) in [5, 5.41) is 9.90. The molecule has 2 aromatic rings. The van der Waals surface area contributed by atoms with Gasteiger partial charge in [-0.1, -0.05) is 13.8 Å². The molecule has 26 heavy (non-hydrogen) atoms. The summed E-state index contributed by atoms with van der Waals surface area (Å²) in [6, 6.07) is 5.94. The number of hydrogen-bond donors (Lipinski definition) is 2. The van der Waals surface area contributed by atoms with Crippen molar-refractivity contribution >= 4 is 11.8 Å². The number of H-pyrrole nitrogens is 1. The number of halogens is 1. The number of carbonyl (C=O) groups excluding carboxylic acids is 2. The molecule has 1 aliphatic heterocycles. The number of likely N-dealkylation sites (tertiary alicyclic amines) is 1. The smallest absolute Gasteiger partial charge is 0.274 e. The fourth-order valence-electron chi connectivity index (χ4n) is 3.02. The van der Waals surface area contributed by atoms with E-state index in [1.54, 1.807) is 17.9 Å². The minimum Gasteiger partial charge on any atom is -0.347 e. The van der Waals surface area contributed by atoms with E-state index in [1.165, 1.54) is 18.2 Å². The predicted octanol–water partition coefficient (Wildman–Crippen LogP) is 2.63. The number of hydrogen-bond acceptors (Lipinski definition) is 3. The van der Waals surface area contributed by atoms with Crippen LogP contribution in [0.5, 0.6) is 0 Å². The first-order chi connectivity index (χ1) is 12.3. The second-order valence-electron chi connectivity index (χ2n) is 7.04. The number of benzene rings is 1. The molecule has 1 aromatic carbocycles. The number of nitrogens with zero attached hydrogens (tertiary/aromatic N) is 2. The van der Waals surface area contributed by atoms with E-state index >= 15 is 0 Å². The highest BCUT2D eigenvalue weighted by Gasteiger charge is 2.29. The molecule has 3 rings (SSSR count). The Labute approximate surface area is 151 Å². The highest BCUT2D eigenvalue weighted by atomic mass is 19.1. The van der Waals surface area contributed by atoms with Crippen LogP contribution in [0.2, 0.25) is 0 Å². The van der Waals surface area contributed by atoms with Crippen LogP contribution in [0.3, 0.4) is 0 Å². The third-order valence-electron chi connectivity index (χ3n) is 4.67. The molecule has 1 saturated heterocycles. The summed E-state index contributed by atoms with van der Waals surface area (Å²) in [5.74, 6) is -0.454. The van der Waals surface area contributed by atoms with Crippen LogP contribution in [0.1, 0.15) is 58.3 Å². The van der Waals surface area contributed by atoms with Crippen LogP contribution in [0, 0.1) is 12.7 Å². The van der Waals surface area contributed by atoms with Gasteiger partial charge in [0.1, 0.15) is 11.5 Å². The highest BCUT2D eigenvalue weighted by molar-refractivity contribution is 5.95. The van der Waals surface area contributed by atoms with Crippen molar-refractivity contribution in [2.24, 2.45) is 0 Å². The second-order valence-corrected chi connectivity index (χ2v) is 7.04. The molecule has 1 aliphatic rings. The summed E-state index contributed by atoms with van der Waals surface area (Å²) in [7, 11) is 0. The van der Waals surface area contributed by atoms with Gasteiger partial charge >= 0.3 is 0 Å². The fourth-order valence-corrected chi connectivity index (χ4v) is 3.02. The molecule has 2 N–H and O–H groups in total. The summed E-state index contributed by atoms with van der Waals surface area (Å²) in [5.41, 5.74) is 2.17. The molecule has 6 nitrogen and oxygen atoms in total. The Bertz CT molecular complexity index is 831. The SMILES string of the molecule is Cc1cc(C(=O)NC2CCN(C(=O)c3cc(C(C)C)[nH]n3)C2)ccc1F. The Kier molecular flexibility index (Phi) is 5.06. The van der Waals surface area contributed by atoms with Gasteiger partial charge in [-0.3, -0.25) is 14.7 Å². The molecule has 1 fully saturated rings. The first-order valence-corrected chi connectivity index (χ1v) is 8.76. The first kappa shape index (κ1) is 18.1. The van der Waals surface area contributed by atoms with E-state index in [0.29, 0.717) is 36.3 Å². The van der Waals surface area contributed by atoms with E-state index in [-0.39, 0.29) is 29.6 Å². The standard InChI is InChI=1S/C19H23FN4O2/c1-11(2)16-9-17(23-22-16)19(26)24-7-6-14(10-24)21-18(25)13-4-5-15(20)12(3)8-13/h4-5,8-9,11,14H,6-7,10H2,1-3H3,(H,21,25)(H,22,23). The van der Waals surface area contributed by atoms with Crippen molar-refractivity contribution in [2.45, 2.75) is 39.2 Å². The van der Waals surface area contributed by atoms with E-state index in [2.05, 4.69) is 15.5 Å². The van der Waals surface area contributed by atoms with Crippen LogP contribution in [0.4, 0.5) is 4.39 Å². The van der Waals surface area contributed by atoms with E-state index in [0.717, 1.165) is 5.69 Å². The minimum atomic E-state index is -0.334. The lowest BCUT2D eigenvalue weighted by atomic mass is 10.1. The molecule has 0 aliphatic carbocycles. The molecule has 2 heterocycles. The largest absolute Gasteiger partial charge is 0.347 e. The number of aromatic nitrogens is 2. The van der Waals surface area contributed by atoms with Gasteiger partial charge in [0, 0.05) is 30.4 Å². The van der Waals surface area contributed by atoms with Gasteiger partial charge in [0.2, 0.25) is 0 Å². The molecule has 138 valence electrons. The van der Waals surface area contributed by atoms with Gasteiger partial charge in [0.25, 0.3) is 11.8 Å². The number of rotatable bonds is 4. The maximum atomic E-state index is 13.3. The zero-order valence-electron chi connectivity index (χ0n) is 15.2. The lowest BCUT2D eigenvalue weighted by Crippen LogP contribution is -2.38. The topological polar surface area (TPSA) is 78.1 Å². The van der Waals surface area contributed by atoms with Crippen molar-refractivity contribution in [1.29, 1.82) is 0 Å². The average Bonchev–Trinajstić information content (AvgIpc) is 3.26. The van der Waals surface area contributed by atoms with E-state index in [9.17, 15) is 14.0 Å². The van der Waals surface area contributed by atoms with Gasteiger partial charge in [-0.25, -0.2) is 4.39 Å². The summed E-state index contributed by atoms with van der Waals surface area (Å²) >= 11 is 0. The third kappa shape index (κ3) is 3.76.